The van der Waals surface area contributed by atoms with Crippen molar-refractivity contribution in [2.45, 2.75) is 64.6 Å². The van der Waals surface area contributed by atoms with Gasteiger partial charge in [0.15, 0.2) is 0 Å². The first-order valence-electron chi connectivity index (χ1n) is 13.8. The molecule has 0 saturated carbocycles. The maximum Gasteiger partial charge on any atom is 0.408 e. The molecule has 220 valence electrons. The number of aromatic nitrogens is 1. The Bertz CT molecular complexity index is 1310. The molecule has 0 saturated heterocycles. The van der Waals surface area contributed by atoms with E-state index in [9.17, 15) is 14.4 Å². The van der Waals surface area contributed by atoms with Gasteiger partial charge in [0.2, 0.25) is 11.8 Å². The Hall–Kier alpha value is -4.34. The van der Waals surface area contributed by atoms with E-state index in [1.54, 1.807) is 34.1 Å². The number of anilines is 1. The Balaban J connectivity index is 1.52. The summed E-state index contributed by atoms with van der Waals surface area (Å²) in [7, 11) is 1.64. The Morgan fingerprint density at radius 2 is 1.76 bits per heavy atom. The van der Waals surface area contributed by atoms with Gasteiger partial charge in [-0.05, 0) is 58.2 Å². The summed E-state index contributed by atoms with van der Waals surface area (Å²) in [5.74, 6) is -0.0211. The highest BCUT2D eigenvalue weighted by Crippen LogP contribution is 2.28. The molecule has 3 amide bonds. The van der Waals surface area contributed by atoms with E-state index in [1.165, 1.54) is 0 Å². The van der Waals surface area contributed by atoms with Gasteiger partial charge in [-0.25, -0.2) is 4.79 Å². The van der Waals surface area contributed by atoms with E-state index >= 15 is 0 Å². The lowest BCUT2D eigenvalue weighted by Crippen LogP contribution is -2.51. The largest absolute Gasteiger partial charge is 0.497 e. The fourth-order valence-corrected chi connectivity index (χ4v) is 4.24. The fourth-order valence-electron chi connectivity index (χ4n) is 4.24. The average molecular weight is 564 g/mol. The van der Waals surface area contributed by atoms with Gasteiger partial charge in [0.1, 0.15) is 23.9 Å². The summed E-state index contributed by atoms with van der Waals surface area (Å²) in [5.41, 5.74) is 1.99. The van der Waals surface area contributed by atoms with Crippen molar-refractivity contribution in [2.24, 2.45) is 0 Å². The van der Waals surface area contributed by atoms with Crippen LogP contribution >= 0.6 is 0 Å². The first-order chi connectivity index (χ1) is 19.5. The van der Waals surface area contributed by atoms with Crippen molar-refractivity contribution >= 4 is 34.5 Å². The first kappa shape index (κ1) is 31.2. The van der Waals surface area contributed by atoms with Gasteiger partial charge in [0.05, 0.1) is 18.3 Å². The molecular weight excluding hydrogens is 522 g/mol. The molecule has 1 unspecified atom stereocenters. The molecule has 0 aliphatic rings. The Morgan fingerprint density at radius 3 is 2.46 bits per heavy atom. The third-order valence-corrected chi connectivity index (χ3v) is 6.16. The van der Waals surface area contributed by atoms with Gasteiger partial charge < -0.3 is 30.7 Å². The van der Waals surface area contributed by atoms with E-state index in [0.717, 1.165) is 40.7 Å². The van der Waals surface area contributed by atoms with Gasteiger partial charge in [0, 0.05) is 36.7 Å². The van der Waals surface area contributed by atoms with Crippen LogP contribution in [0.15, 0.2) is 60.8 Å². The number of nitrogens with one attached hydrogen (secondary N) is 4. The summed E-state index contributed by atoms with van der Waals surface area (Å²) in [6.07, 6.45) is 2.90. The standard InChI is InChI=1S/C31H41N5O5/c1-21(35-25-19-24(40-5)18-23-14-10-15-32-28(23)25)11-9-16-33-29(38)26(17-22-12-7-6-8-13-22)36-27(37)20-34-30(39)41-31(2,3)4/h6-8,10,12-15,18-19,21,26,35H,9,11,16-17,20H2,1-5H3,(H,33,38)(H,34,39)(H,36,37)/t21?,26-/m0/s1. The summed E-state index contributed by atoms with van der Waals surface area (Å²) < 4.78 is 10.6. The molecular formula is C31H41N5O5. The summed E-state index contributed by atoms with van der Waals surface area (Å²) in [4.78, 5) is 42.1. The first-order valence-corrected chi connectivity index (χ1v) is 13.8. The second kappa shape index (κ2) is 14.9. The number of methoxy groups -OCH3 is 1. The van der Waals surface area contributed by atoms with Crippen LogP contribution in [-0.2, 0) is 20.7 Å². The zero-order valence-corrected chi connectivity index (χ0v) is 24.5. The maximum absolute atomic E-state index is 13.1. The monoisotopic (exact) mass is 563 g/mol. The lowest BCUT2D eigenvalue weighted by Gasteiger charge is -2.21. The zero-order valence-electron chi connectivity index (χ0n) is 24.5. The highest BCUT2D eigenvalue weighted by atomic mass is 16.6. The number of fused-ring (bicyclic) bond motifs is 1. The second-order valence-corrected chi connectivity index (χ2v) is 10.9. The molecule has 10 heteroatoms. The molecule has 1 aromatic heterocycles. The van der Waals surface area contributed by atoms with Crippen molar-refractivity contribution in [3.63, 3.8) is 0 Å². The lowest BCUT2D eigenvalue weighted by molar-refractivity contribution is -0.128. The van der Waals surface area contributed by atoms with Crippen LogP contribution in [0.5, 0.6) is 5.75 Å². The highest BCUT2D eigenvalue weighted by Gasteiger charge is 2.22. The number of carbonyl (C=O) groups excluding carboxylic acids is 3. The summed E-state index contributed by atoms with van der Waals surface area (Å²) in [6, 6.07) is 16.5. The number of ether oxygens (including phenoxy) is 2. The van der Waals surface area contributed by atoms with E-state index in [0.29, 0.717) is 13.0 Å². The molecule has 0 bridgehead atoms. The molecule has 3 rings (SSSR count). The smallest absolute Gasteiger partial charge is 0.408 e. The third kappa shape index (κ3) is 10.6. The zero-order chi connectivity index (χ0) is 29.8. The summed E-state index contributed by atoms with van der Waals surface area (Å²) in [6.45, 7) is 7.43. The topological polar surface area (TPSA) is 131 Å². The van der Waals surface area contributed by atoms with Crippen LogP contribution in [0.1, 0.15) is 46.1 Å². The predicted octanol–water partition coefficient (Wildman–Crippen LogP) is 4.19. The van der Waals surface area contributed by atoms with Gasteiger partial charge in [0.25, 0.3) is 0 Å². The minimum absolute atomic E-state index is 0.114. The van der Waals surface area contributed by atoms with E-state index in [4.69, 9.17) is 9.47 Å². The number of benzene rings is 2. The van der Waals surface area contributed by atoms with Gasteiger partial charge in [-0.1, -0.05) is 36.4 Å². The van der Waals surface area contributed by atoms with Crippen molar-refractivity contribution in [2.75, 3.05) is 25.5 Å². The minimum atomic E-state index is -0.796. The van der Waals surface area contributed by atoms with Crippen LogP contribution in [0.2, 0.25) is 0 Å². The molecule has 0 spiro atoms. The van der Waals surface area contributed by atoms with Gasteiger partial charge >= 0.3 is 6.09 Å². The second-order valence-electron chi connectivity index (χ2n) is 10.9. The van der Waals surface area contributed by atoms with Crippen LogP contribution < -0.4 is 26.0 Å². The van der Waals surface area contributed by atoms with Gasteiger partial charge in [-0.15, -0.1) is 0 Å². The van der Waals surface area contributed by atoms with Crippen molar-refractivity contribution in [3.05, 3.63) is 66.4 Å². The normalized spacial score (nSPS) is 12.6. The molecule has 0 aliphatic heterocycles. The molecule has 4 N–H and O–H groups in total. The number of pyridine rings is 1. The number of alkyl carbamates (subject to hydrolysis) is 1. The Labute approximate surface area is 241 Å². The number of carbonyl (C=O) groups is 3. The van der Waals surface area contributed by atoms with E-state index < -0.39 is 23.6 Å². The molecule has 3 aromatic rings. The van der Waals surface area contributed by atoms with Crippen molar-refractivity contribution in [1.29, 1.82) is 0 Å². The average Bonchev–Trinajstić information content (AvgIpc) is 2.93. The van der Waals surface area contributed by atoms with Crippen molar-refractivity contribution in [1.82, 2.24) is 20.9 Å². The van der Waals surface area contributed by atoms with Crippen LogP contribution in [-0.4, -0.2) is 60.8 Å². The fraction of sp³-hybridized carbons (Fsp3) is 0.419. The minimum Gasteiger partial charge on any atom is -0.497 e. The molecule has 10 nitrogen and oxygen atoms in total. The molecule has 1 heterocycles. The van der Waals surface area contributed by atoms with E-state index in [-0.39, 0.29) is 18.5 Å². The van der Waals surface area contributed by atoms with Crippen LogP contribution in [0.25, 0.3) is 10.9 Å². The van der Waals surface area contributed by atoms with Crippen LogP contribution in [0, 0.1) is 0 Å². The number of hydrogen-bond donors (Lipinski definition) is 4. The SMILES string of the molecule is COc1cc(NC(C)CCCNC(=O)[C@H](Cc2ccccc2)NC(=O)CNC(=O)OC(C)(C)C)c2ncccc2c1. The van der Waals surface area contributed by atoms with Gasteiger partial charge in [-0.2, -0.15) is 0 Å². The Kier molecular flexibility index (Phi) is 11.3. The van der Waals surface area contributed by atoms with E-state index in [1.807, 2.05) is 54.6 Å². The quantitative estimate of drug-likeness (QED) is 0.229. The Morgan fingerprint density at radius 1 is 1.00 bits per heavy atom. The van der Waals surface area contributed by atoms with Crippen LogP contribution in [0.3, 0.4) is 0 Å². The summed E-state index contributed by atoms with van der Waals surface area (Å²) in [5, 5.41) is 12.6. The molecule has 41 heavy (non-hydrogen) atoms. The molecule has 0 radical (unpaired) electrons. The highest BCUT2D eigenvalue weighted by molar-refractivity contribution is 5.92. The summed E-state index contributed by atoms with van der Waals surface area (Å²) >= 11 is 0. The third-order valence-electron chi connectivity index (χ3n) is 6.16. The van der Waals surface area contributed by atoms with Crippen LogP contribution in [0.4, 0.5) is 10.5 Å². The molecule has 2 atom stereocenters. The molecule has 0 aliphatic carbocycles. The van der Waals surface area contributed by atoms with Crippen molar-refractivity contribution in [3.8, 4) is 5.75 Å². The number of hydrogen-bond acceptors (Lipinski definition) is 7. The number of amides is 3. The number of rotatable bonds is 13. The van der Waals surface area contributed by atoms with E-state index in [2.05, 4.69) is 33.2 Å². The lowest BCUT2D eigenvalue weighted by atomic mass is 10.0. The number of nitrogens with zero attached hydrogens (tertiary/aromatic N) is 1. The van der Waals surface area contributed by atoms with Crippen molar-refractivity contribution < 1.29 is 23.9 Å². The maximum atomic E-state index is 13.1. The predicted molar refractivity (Wildman–Crippen MR) is 160 cm³/mol. The van der Waals surface area contributed by atoms with Gasteiger partial charge in [-0.3, -0.25) is 14.6 Å². The molecule has 2 aromatic carbocycles. The molecule has 0 fully saturated rings.